The summed E-state index contributed by atoms with van der Waals surface area (Å²) in [6, 6.07) is 9.95. The fourth-order valence-electron chi connectivity index (χ4n) is 1.65. The van der Waals surface area contributed by atoms with Crippen LogP contribution in [-0.2, 0) is 0 Å². The summed E-state index contributed by atoms with van der Waals surface area (Å²) in [6.07, 6.45) is 1.56. The van der Waals surface area contributed by atoms with E-state index < -0.39 is 0 Å². The predicted molar refractivity (Wildman–Crippen MR) is 66.3 cm³/mol. The Balaban J connectivity index is 2.05. The molecule has 0 bridgehead atoms. The van der Waals surface area contributed by atoms with E-state index in [1.165, 1.54) is 6.07 Å². The first kappa shape index (κ1) is 10.9. The van der Waals surface area contributed by atoms with Crippen LogP contribution >= 0.6 is 11.6 Å². The summed E-state index contributed by atoms with van der Waals surface area (Å²) in [6.45, 7) is 0. The largest absolute Gasteiger partial charge is 0.507 e. The molecule has 0 saturated carbocycles. The molecule has 0 aliphatic heterocycles. The summed E-state index contributed by atoms with van der Waals surface area (Å²) in [5.41, 5.74) is 1.06. The zero-order chi connectivity index (χ0) is 12.5. The monoisotopic (exact) mass is 261 g/mol. The van der Waals surface area contributed by atoms with Gasteiger partial charge in [-0.1, -0.05) is 16.8 Å². The third-order valence-electron chi connectivity index (χ3n) is 2.51. The lowest BCUT2D eigenvalue weighted by atomic mass is 10.1. The number of nitrogens with zero attached hydrogens (tertiary/aromatic N) is 1. The molecule has 0 saturated heterocycles. The van der Waals surface area contributed by atoms with Crippen molar-refractivity contribution in [3.05, 3.63) is 47.7 Å². The second kappa shape index (κ2) is 4.23. The molecular weight excluding hydrogens is 254 g/mol. The molecule has 1 N–H and O–H groups in total. The van der Waals surface area contributed by atoms with Gasteiger partial charge in [0.2, 0.25) is 0 Å². The lowest BCUT2D eigenvalue weighted by Crippen LogP contribution is -1.76. The van der Waals surface area contributed by atoms with Crippen LogP contribution in [0.1, 0.15) is 0 Å². The van der Waals surface area contributed by atoms with Crippen LogP contribution in [0.15, 0.2) is 51.6 Å². The maximum atomic E-state index is 9.76. The number of furan rings is 1. The first-order valence-electron chi connectivity index (χ1n) is 5.23. The van der Waals surface area contributed by atoms with Crippen molar-refractivity contribution in [2.45, 2.75) is 0 Å². The highest BCUT2D eigenvalue weighted by Crippen LogP contribution is 2.33. The normalized spacial score (nSPS) is 10.7. The van der Waals surface area contributed by atoms with Gasteiger partial charge in [-0.25, -0.2) is 0 Å². The number of halogens is 1. The van der Waals surface area contributed by atoms with E-state index in [4.69, 9.17) is 20.5 Å². The molecule has 1 aromatic carbocycles. The van der Waals surface area contributed by atoms with E-state index in [9.17, 15) is 5.11 Å². The van der Waals surface area contributed by atoms with Gasteiger partial charge in [0, 0.05) is 11.1 Å². The first-order chi connectivity index (χ1) is 8.74. The molecule has 2 aromatic heterocycles. The van der Waals surface area contributed by atoms with E-state index in [-0.39, 0.29) is 5.75 Å². The van der Waals surface area contributed by atoms with Crippen molar-refractivity contribution >= 4 is 11.6 Å². The van der Waals surface area contributed by atoms with E-state index in [0.717, 1.165) is 0 Å². The van der Waals surface area contributed by atoms with Gasteiger partial charge < -0.3 is 14.0 Å². The molecule has 5 heteroatoms. The van der Waals surface area contributed by atoms with Gasteiger partial charge in [0.15, 0.2) is 11.5 Å². The van der Waals surface area contributed by atoms with Crippen LogP contribution in [0.2, 0.25) is 5.02 Å². The fourth-order valence-corrected chi connectivity index (χ4v) is 1.82. The summed E-state index contributed by atoms with van der Waals surface area (Å²) in [4.78, 5) is 0. The van der Waals surface area contributed by atoms with Crippen molar-refractivity contribution in [2.75, 3.05) is 0 Å². The highest BCUT2D eigenvalue weighted by Gasteiger charge is 2.13. The van der Waals surface area contributed by atoms with Crippen LogP contribution in [0.4, 0.5) is 0 Å². The van der Waals surface area contributed by atoms with Crippen molar-refractivity contribution in [1.82, 2.24) is 5.16 Å². The molecule has 0 atom stereocenters. The highest BCUT2D eigenvalue weighted by atomic mass is 35.5. The van der Waals surface area contributed by atoms with Crippen LogP contribution in [0.3, 0.4) is 0 Å². The molecule has 0 amide bonds. The highest BCUT2D eigenvalue weighted by molar-refractivity contribution is 6.30. The van der Waals surface area contributed by atoms with Gasteiger partial charge in [-0.15, -0.1) is 0 Å². The van der Waals surface area contributed by atoms with Gasteiger partial charge in [-0.2, -0.15) is 0 Å². The van der Waals surface area contributed by atoms with Gasteiger partial charge in [0.05, 0.1) is 11.8 Å². The minimum absolute atomic E-state index is 0.0848. The van der Waals surface area contributed by atoms with E-state index >= 15 is 0 Å². The molecular formula is C13H8ClNO3. The Morgan fingerprint density at radius 3 is 2.78 bits per heavy atom. The number of rotatable bonds is 2. The maximum absolute atomic E-state index is 9.76. The lowest BCUT2D eigenvalue weighted by Gasteiger charge is -1.99. The number of hydrogen-bond donors (Lipinski definition) is 1. The molecule has 0 spiro atoms. The van der Waals surface area contributed by atoms with Crippen molar-refractivity contribution in [3.8, 4) is 28.5 Å². The summed E-state index contributed by atoms with van der Waals surface area (Å²) in [5.74, 6) is 1.12. The molecule has 3 rings (SSSR count). The van der Waals surface area contributed by atoms with E-state index in [1.54, 1.807) is 36.6 Å². The van der Waals surface area contributed by atoms with Crippen molar-refractivity contribution in [1.29, 1.82) is 0 Å². The van der Waals surface area contributed by atoms with Crippen molar-refractivity contribution in [2.24, 2.45) is 0 Å². The first-order valence-corrected chi connectivity index (χ1v) is 5.61. The third-order valence-corrected chi connectivity index (χ3v) is 2.74. The number of aromatic hydroxyl groups is 1. The van der Waals surface area contributed by atoms with Gasteiger partial charge in [-0.3, -0.25) is 0 Å². The molecule has 2 heterocycles. The standard InChI is InChI=1S/C13H8ClNO3/c14-8-3-4-11(16)9(6-8)13-7-10(15-18-13)12-2-1-5-17-12/h1-7,16H. The van der Waals surface area contributed by atoms with E-state index in [1.807, 2.05) is 0 Å². The van der Waals surface area contributed by atoms with Crippen molar-refractivity contribution < 1.29 is 14.0 Å². The minimum Gasteiger partial charge on any atom is -0.507 e. The maximum Gasteiger partial charge on any atom is 0.171 e. The van der Waals surface area contributed by atoms with E-state index in [0.29, 0.717) is 27.8 Å². The topological polar surface area (TPSA) is 59.4 Å². The average Bonchev–Trinajstić information content (AvgIpc) is 3.00. The fraction of sp³-hybridized carbons (Fsp3) is 0. The SMILES string of the molecule is Oc1ccc(Cl)cc1-c1cc(-c2ccco2)no1. The molecule has 0 aliphatic rings. The zero-order valence-electron chi connectivity index (χ0n) is 9.13. The second-order valence-electron chi connectivity index (χ2n) is 3.72. The van der Waals surface area contributed by atoms with Crippen LogP contribution < -0.4 is 0 Å². The molecule has 0 fully saturated rings. The van der Waals surface area contributed by atoms with Crippen LogP contribution in [0.5, 0.6) is 5.75 Å². The van der Waals surface area contributed by atoms with Gasteiger partial charge in [-0.05, 0) is 30.3 Å². The molecule has 4 nitrogen and oxygen atoms in total. The number of benzene rings is 1. The number of phenolic OH excluding ortho intramolecular Hbond substituents is 1. The summed E-state index contributed by atoms with van der Waals surface area (Å²) in [5, 5.41) is 14.2. The average molecular weight is 262 g/mol. The Morgan fingerprint density at radius 1 is 1.11 bits per heavy atom. The summed E-state index contributed by atoms with van der Waals surface area (Å²) in [7, 11) is 0. The lowest BCUT2D eigenvalue weighted by molar-refractivity contribution is 0.425. The van der Waals surface area contributed by atoms with E-state index in [2.05, 4.69) is 5.16 Å². The Morgan fingerprint density at radius 2 is 2.00 bits per heavy atom. The van der Waals surface area contributed by atoms with Crippen LogP contribution in [-0.4, -0.2) is 10.3 Å². The number of phenols is 1. The van der Waals surface area contributed by atoms with Gasteiger partial charge >= 0.3 is 0 Å². The van der Waals surface area contributed by atoms with Gasteiger partial charge in [0.25, 0.3) is 0 Å². The summed E-state index contributed by atoms with van der Waals surface area (Å²) >= 11 is 5.88. The van der Waals surface area contributed by atoms with Crippen LogP contribution in [0.25, 0.3) is 22.8 Å². The molecule has 0 unspecified atom stereocenters. The number of hydrogen-bond acceptors (Lipinski definition) is 4. The molecule has 0 aliphatic carbocycles. The Hall–Kier alpha value is -2.20. The minimum atomic E-state index is 0.0848. The third kappa shape index (κ3) is 1.87. The van der Waals surface area contributed by atoms with Crippen molar-refractivity contribution in [3.63, 3.8) is 0 Å². The van der Waals surface area contributed by atoms with Crippen LogP contribution in [0, 0.1) is 0 Å². The smallest absolute Gasteiger partial charge is 0.171 e. The molecule has 90 valence electrons. The predicted octanol–water partition coefficient (Wildman–Crippen LogP) is 3.96. The number of aromatic nitrogens is 1. The zero-order valence-corrected chi connectivity index (χ0v) is 9.89. The molecule has 0 radical (unpaired) electrons. The quantitative estimate of drug-likeness (QED) is 0.758. The Labute approximate surface area is 107 Å². The molecule has 18 heavy (non-hydrogen) atoms. The Kier molecular flexibility index (Phi) is 2.57. The molecule has 3 aromatic rings. The van der Waals surface area contributed by atoms with Gasteiger partial charge in [0.1, 0.15) is 11.4 Å². The summed E-state index contributed by atoms with van der Waals surface area (Å²) < 4.78 is 10.4. The Bertz CT molecular complexity index is 673. The second-order valence-corrected chi connectivity index (χ2v) is 4.15.